The molecule has 0 aliphatic carbocycles. The minimum Gasteiger partial charge on any atom is -0.368 e. The molecule has 2 rings (SSSR count). The molecule has 100 valence electrons. The molecule has 0 fully saturated rings. The van der Waals surface area contributed by atoms with Crippen molar-refractivity contribution in [3.05, 3.63) is 27.5 Å². The molecule has 19 heavy (non-hydrogen) atoms. The van der Waals surface area contributed by atoms with Gasteiger partial charge in [0.2, 0.25) is 5.95 Å². The maximum absolute atomic E-state index is 12.5. The van der Waals surface area contributed by atoms with Crippen LogP contribution in [0.4, 0.5) is 5.95 Å². The molecule has 1 heterocycles. The predicted octanol–water partition coefficient (Wildman–Crippen LogP) is 2.30. The fraction of sp³-hybridized carbons (Fsp3) is 0.308. The lowest BCUT2D eigenvalue weighted by Gasteiger charge is -2.19. The van der Waals surface area contributed by atoms with Crippen LogP contribution < -0.4 is 5.73 Å². The topological polar surface area (TPSA) is 72.1 Å². The molecular weight excluding hydrogens is 355 g/mol. The first-order valence-corrected chi connectivity index (χ1v) is 7.16. The molecule has 2 N–H and O–H groups in total. The average molecular weight is 370 g/mol. The molecule has 0 radical (unpaired) electrons. The summed E-state index contributed by atoms with van der Waals surface area (Å²) in [5, 5.41) is 0.748. The van der Waals surface area contributed by atoms with E-state index < -0.39 is 0 Å². The Morgan fingerprint density at radius 3 is 2.63 bits per heavy atom. The first kappa shape index (κ1) is 14.0. The molecule has 2 aromatic rings. The third-order valence-electron chi connectivity index (χ3n) is 2.93. The van der Waals surface area contributed by atoms with E-state index in [1.54, 1.807) is 4.90 Å². The molecule has 5 nitrogen and oxygen atoms in total. The van der Waals surface area contributed by atoms with Gasteiger partial charge < -0.3 is 10.6 Å². The van der Waals surface area contributed by atoms with E-state index in [-0.39, 0.29) is 11.9 Å². The zero-order valence-electron chi connectivity index (χ0n) is 10.9. The van der Waals surface area contributed by atoms with Gasteiger partial charge in [-0.3, -0.25) is 4.79 Å². The molecule has 1 amide bonds. The van der Waals surface area contributed by atoms with E-state index in [2.05, 4.69) is 32.6 Å². The second-order valence-electron chi connectivity index (χ2n) is 4.07. The largest absolute Gasteiger partial charge is 0.368 e. The van der Waals surface area contributed by atoms with Crippen molar-refractivity contribution in [2.24, 2.45) is 0 Å². The van der Waals surface area contributed by atoms with Gasteiger partial charge in [0.25, 0.3) is 5.91 Å². The maximum atomic E-state index is 12.5. The van der Waals surface area contributed by atoms with Crippen LogP contribution in [0.3, 0.4) is 0 Å². The number of rotatable bonds is 3. The van der Waals surface area contributed by atoms with Crippen LogP contribution >= 0.6 is 22.6 Å². The monoisotopic (exact) mass is 370 g/mol. The second-order valence-corrected chi connectivity index (χ2v) is 5.31. The van der Waals surface area contributed by atoms with Crippen molar-refractivity contribution in [1.82, 2.24) is 14.9 Å². The number of benzene rings is 1. The average Bonchev–Trinajstić information content (AvgIpc) is 2.39. The minimum atomic E-state index is -0.105. The number of nitrogens with two attached hydrogens (primary N) is 1. The zero-order chi connectivity index (χ0) is 14.0. The van der Waals surface area contributed by atoms with Gasteiger partial charge in [-0.2, -0.15) is 0 Å². The number of amides is 1. The number of fused-ring (bicyclic) bond motifs is 1. The van der Waals surface area contributed by atoms with Gasteiger partial charge in [0.1, 0.15) is 5.69 Å². The van der Waals surface area contributed by atoms with Crippen molar-refractivity contribution >= 4 is 45.3 Å². The Morgan fingerprint density at radius 1 is 1.32 bits per heavy atom. The highest BCUT2D eigenvalue weighted by atomic mass is 127. The molecule has 0 aliphatic rings. The van der Waals surface area contributed by atoms with E-state index in [9.17, 15) is 4.79 Å². The molecule has 0 saturated heterocycles. The number of anilines is 1. The Kier molecular flexibility index (Phi) is 4.18. The standard InChI is InChI=1S/C13H15IN4O/c1-3-18(4-2)12(19)11-9-7-8(14)5-6-10(9)16-13(15)17-11/h5-7H,3-4H2,1-2H3,(H2,15,16,17). The Hall–Kier alpha value is -1.44. The number of carbonyl (C=O) groups excluding carboxylic acids is 1. The highest BCUT2D eigenvalue weighted by molar-refractivity contribution is 14.1. The predicted molar refractivity (Wildman–Crippen MR) is 83.9 cm³/mol. The van der Waals surface area contributed by atoms with Crippen LogP contribution in [-0.2, 0) is 0 Å². The molecule has 6 heteroatoms. The van der Waals surface area contributed by atoms with Gasteiger partial charge in [-0.1, -0.05) is 0 Å². The van der Waals surface area contributed by atoms with Gasteiger partial charge in [0, 0.05) is 22.0 Å². The van der Waals surface area contributed by atoms with E-state index in [1.807, 2.05) is 32.0 Å². The number of halogens is 1. The number of nitrogens with zero attached hydrogens (tertiary/aromatic N) is 3. The fourth-order valence-corrected chi connectivity index (χ4v) is 2.43. The lowest BCUT2D eigenvalue weighted by Crippen LogP contribution is -2.31. The summed E-state index contributed by atoms with van der Waals surface area (Å²) in [5.74, 6) is 0.0234. The number of hydrogen-bond acceptors (Lipinski definition) is 4. The van der Waals surface area contributed by atoms with Crippen molar-refractivity contribution < 1.29 is 4.79 Å². The van der Waals surface area contributed by atoms with Crippen LogP contribution in [0.2, 0.25) is 0 Å². The van der Waals surface area contributed by atoms with E-state index in [1.165, 1.54) is 0 Å². The summed E-state index contributed by atoms with van der Waals surface area (Å²) in [5.41, 5.74) is 6.77. The summed E-state index contributed by atoms with van der Waals surface area (Å²) in [6.07, 6.45) is 0. The van der Waals surface area contributed by atoms with Crippen LogP contribution in [0.5, 0.6) is 0 Å². The highest BCUT2D eigenvalue weighted by Crippen LogP contribution is 2.21. The zero-order valence-corrected chi connectivity index (χ0v) is 13.0. The Bertz CT molecular complexity index is 625. The molecule has 1 aromatic heterocycles. The number of aromatic nitrogens is 2. The summed E-state index contributed by atoms with van der Waals surface area (Å²) in [7, 11) is 0. The van der Waals surface area contributed by atoms with Crippen molar-refractivity contribution in [2.75, 3.05) is 18.8 Å². The Balaban J connectivity index is 2.64. The maximum Gasteiger partial charge on any atom is 0.273 e. The number of carbonyl (C=O) groups is 1. The van der Waals surface area contributed by atoms with Crippen molar-refractivity contribution in [3.8, 4) is 0 Å². The summed E-state index contributed by atoms with van der Waals surface area (Å²) in [6, 6.07) is 5.70. The molecule has 0 bridgehead atoms. The van der Waals surface area contributed by atoms with Crippen LogP contribution in [0.15, 0.2) is 18.2 Å². The lowest BCUT2D eigenvalue weighted by atomic mass is 10.1. The summed E-state index contributed by atoms with van der Waals surface area (Å²) in [6.45, 7) is 5.17. The first-order valence-electron chi connectivity index (χ1n) is 6.08. The van der Waals surface area contributed by atoms with Gasteiger partial charge in [0.15, 0.2) is 0 Å². The van der Waals surface area contributed by atoms with Gasteiger partial charge >= 0.3 is 0 Å². The van der Waals surface area contributed by atoms with Crippen LogP contribution in [-0.4, -0.2) is 33.9 Å². The van der Waals surface area contributed by atoms with Crippen molar-refractivity contribution in [1.29, 1.82) is 0 Å². The third-order valence-corrected chi connectivity index (χ3v) is 3.60. The smallest absolute Gasteiger partial charge is 0.273 e. The molecule has 1 aromatic carbocycles. The molecule has 0 atom stereocenters. The summed E-state index contributed by atoms with van der Waals surface area (Å²) in [4.78, 5) is 22.5. The van der Waals surface area contributed by atoms with Crippen molar-refractivity contribution in [2.45, 2.75) is 13.8 Å². The third kappa shape index (κ3) is 2.78. The Labute approximate surface area is 125 Å². The van der Waals surface area contributed by atoms with E-state index in [0.717, 1.165) is 8.96 Å². The molecule has 0 unspecified atom stereocenters. The summed E-state index contributed by atoms with van der Waals surface area (Å²) >= 11 is 2.20. The van der Waals surface area contributed by atoms with Gasteiger partial charge in [0.05, 0.1) is 5.52 Å². The highest BCUT2D eigenvalue weighted by Gasteiger charge is 2.18. The van der Waals surface area contributed by atoms with Crippen molar-refractivity contribution in [3.63, 3.8) is 0 Å². The van der Waals surface area contributed by atoms with Crippen LogP contribution in [0.1, 0.15) is 24.3 Å². The van der Waals surface area contributed by atoms with Gasteiger partial charge in [-0.25, -0.2) is 9.97 Å². The normalized spacial score (nSPS) is 10.7. The minimum absolute atomic E-state index is 0.105. The van der Waals surface area contributed by atoms with Crippen LogP contribution in [0, 0.1) is 3.57 Å². The second kappa shape index (κ2) is 5.68. The number of nitrogen functional groups attached to an aromatic ring is 1. The van der Waals surface area contributed by atoms with E-state index in [4.69, 9.17) is 5.73 Å². The van der Waals surface area contributed by atoms with E-state index in [0.29, 0.717) is 24.3 Å². The fourth-order valence-electron chi connectivity index (χ4n) is 1.94. The molecule has 0 saturated carbocycles. The summed E-state index contributed by atoms with van der Waals surface area (Å²) < 4.78 is 1.03. The number of hydrogen-bond donors (Lipinski definition) is 1. The SMILES string of the molecule is CCN(CC)C(=O)c1nc(N)nc2ccc(I)cc12. The lowest BCUT2D eigenvalue weighted by molar-refractivity contribution is 0.0769. The quantitative estimate of drug-likeness (QED) is 0.842. The van der Waals surface area contributed by atoms with E-state index >= 15 is 0 Å². The van der Waals surface area contributed by atoms with Gasteiger partial charge in [-0.15, -0.1) is 0 Å². The molecular formula is C13H15IN4O. The Morgan fingerprint density at radius 2 is 2.00 bits per heavy atom. The molecule has 0 spiro atoms. The molecule has 0 aliphatic heterocycles. The van der Waals surface area contributed by atoms with Crippen LogP contribution in [0.25, 0.3) is 10.9 Å². The first-order chi connectivity index (χ1) is 9.06. The van der Waals surface area contributed by atoms with Gasteiger partial charge in [-0.05, 0) is 54.6 Å².